The first-order chi connectivity index (χ1) is 15.5. The van der Waals surface area contributed by atoms with Gasteiger partial charge in [-0.15, -0.1) is 0 Å². The Bertz CT molecular complexity index is 868. The molecule has 1 aromatic rings. The van der Waals surface area contributed by atoms with E-state index < -0.39 is 29.3 Å². The lowest BCUT2D eigenvalue weighted by Gasteiger charge is -2.36. The molecule has 7 nitrogen and oxygen atoms in total. The van der Waals surface area contributed by atoms with E-state index in [1.54, 1.807) is 25.7 Å². The number of benzene rings is 1. The topological polar surface area (TPSA) is 87.7 Å². The Balaban J connectivity index is 3.47. The Morgan fingerprint density at radius 1 is 1.00 bits per heavy atom. The molecule has 192 valence electrons. The lowest BCUT2D eigenvalue weighted by atomic mass is 9.94. The summed E-state index contributed by atoms with van der Waals surface area (Å²) >= 11 is 0. The monoisotopic (exact) mass is 475 g/mol. The lowest BCUT2D eigenvalue weighted by Crippen LogP contribution is -2.56. The third kappa shape index (κ3) is 8.65. The molecule has 0 saturated carbocycles. The zero-order valence-corrected chi connectivity index (χ0v) is 23.0. The molecule has 1 rings (SSSR count). The number of amides is 3. The van der Waals surface area contributed by atoms with Crippen LogP contribution in [0.25, 0.3) is 0 Å². The summed E-state index contributed by atoms with van der Waals surface area (Å²) in [4.78, 5) is 41.5. The van der Waals surface area contributed by atoms with Crippen molar-refractivity contribution in [1.29, 1.82) is 0 Å². The van der Waals surface area contributed by atoms with Gasteiger partial charge < -0.3 is 20.3 Å². The van der Waals surface area contributed by atoms with Crippen molar-refractivity contribution in [3.63, 3.8) is 0 Å². The molecular formula is C27H45N3O4. The van der Waals surface area contributed by atoms with E-state index in [0.29, 0.717) is 13.0 Å². The first-order valence-corrected chi connectivity index (χ1v) is 12.2. The normalized spacial score (nSPS) is 14.6. The van der Waals surface area contributed by atoms with Gasteiger partial charge in [0.05, 0.1) is 0 Å². The van der Waals surface area contributed by atoms with Crippen molar-refractivity contribution in [2.24, 2.45) is 5.92 Å². The van der Waals surface area contributed by atoms with E-state index in [-0.39, 0.29) is 17.7 Å². The molecule has 0 aromatic heterocycles. The molecule has 0 heterocycles. The highest BCUT2D eigenvalue weighted by Crippen LogP contribution is 2.26. The molecule has 3 atom stereocenters. The maximum absolute atomic E-state index is 13.9. The summed E-state index contributed by atoms with van der Waals surface area (Å²) in [6.07, 6.45) is 0.0239. The molecule has 0 aliphatic carbocycles. The second-order valence-corrected chi connectivity index (χ2v) is 11.1. The number of aryl methyl sites for hydroxylation is 2. The summed E-state index contributed by atoms with van der Waals surface area (Å²) in [7, 11) is 0. The van der Waals surface area contributed by atoms with Gasteiger partial charge in [0.15, 0.2) is 0 Å². The van der Waals surface area contributed by atoms with Gasteiger partial charge in [-0.05, 0) is 84.9 Å². The van der Waals surface area contributed by atoms with Crippen LogP contribution in [0.15, 0.2) is 18.2 Å². The Kier molecular flexibility index (Phi) is 10.2. The zero-order chi connectivity index (χ0) is 26.4. The summed E-state index contributed by atoms with van der Waals surface area (Å²) < 4.78 is 5.41. The highest BCUT2D eigenvalue weighted by atomic mass is 16.6. The van der Waals surface area contributed by atoms with Crippen LogP contribution in [0.5, 0.6) is 0 Å². The van der Waals surface area contributed by atoms with Crippen LogP contribution in [0.3, 0.4) is 0 Å². The SMILES string of the molecule is CCC(C)C(NC(=O)OC(C)(C)C)C(=O)N(CC)C(C(=O)NC(C)(C)C)c1ccc(C)c(C)c1. The van der Waals surface area contributed by atoms with Crippen LogP contribution in [0.1, 0.15) is 91.5 Å². The fourth-order valence-electron chi connectivity index (χ4n) is 3.61. The standard InChI is InChI=1S/C27H45N3O4/c1-12-17(3)21(28-25(33)34-27(9,10)11)24(32)30(13-2)22(23(31)29-26(6,7)8)20-15-14-18(4)19(5)16-20/h14-17,21-22H,12-13H2,1-11H3,(H,28,33)(H,29,31). The molecule has 0 fully saturated rings. The van der Waals surface area contributed by atoms with Crippen LogP contribution < -0.4 is 10.6 Å². The second kappa shape index (κ2) is 11.7. The maximum Gasteiger partial charge on any atom is 0.408 e. The van der Waals surface area contributed by atoms with Crippen LogP contribution in [-0.2, 0) is 14.3 Å². The molecule has 0 radical (unpaired) electrons. The Morgan fingerprint density at radius 2 is 1.59 bits per heavy atom. The molecule has 3 amide bonds. The minimum atomic E-state index is -0.831. The first kappa shape index (κ1) is 29.5. The predicted molar refractivity (Wildman–Crippen MR) is 137 cm³/mol. The maximum atomic E-state index is 13.9. The smallest absolute Gasteiger partial charge is 0.408 e. The Hall–Kier alpha value is -2.57. The number of nitrogens with one attached hydrogen (secondary N) is 2. The molecule has 0 aliphatic heterocycles. The zero-order valence-electron chi connectivity index (χ0n) is 23.0. The number of rotatable bonds is 8. The van der Waals surface area contributed by atoms with Gasteiger partial charge in [0.2, 0.25) is 11.8 Å². The highest BCUT2D eigenvalue weighted by Gasteiger charge is 2.38. The largest absolute Gasteiger partial charge is 0.444 e. The van der Waals surface area contributed by atoms with Crippen molar-refractivity contribution in [2.75, 3.05) is 6.54 Å². The fraction of sp³-hybridized carbons (Fsp3) is 0.667. The Labute approximate surface area is 206 Å². The molecule has 0 spiro atoms. The van der Waals surface area contributed by atoms with Gasteiger partial charge in [0, 0.05) is 12.1 Å². The number of hydrogen-bond donors (Lipinski definition) is 2. The molecule has 7 heteroatoms. The minimum absolute atomic E-state index is 0.153. The van der Waals surface area contributed by atoms with E-state index in [4.69, 9.17) is 4.74 Å². The number of alkyl carbamates (subject to hydrolysis) is 1. The van der Waals surface area contributed by atoms with Gasteiger partial charge >= 0.3 is 6.09 Å². The van der Waals surface area contributed by atoms with Gasteiger partial charge in [-0.2, -0.15) is 0 Å². The van der Waals surface area contributed by atoms with Crippen molar-refractivity contribution < 1.29 is 19.1 Å². The minimum Gasteiger partial charge on any atom is -0.444 e. The molecule has 0 bridgehead atoms. The van der Waals surface area contributed by atoms with Gasteiger partial charge in [-0.1, -0.05) is 38.5 Å². The third-order valence-corrected chi connectivity index (χ3v) is 5.68. The highest BCUT2D eigenvalue weighted by molar-refractivity contribution is 5.92. The van der Waals surface area contributed by atoms with Crippen molar-refractivity contribution in [1.82, 2.24) is 15.5 Å². The summed E-state index contributed by atoms with van der Waals surface area (Å²) in [5.41, 5.74) is 1.73. The molecule has 34 heavy (non-hydrogen) atoms. The van der Waals surface area contributed by atoms with E-state index in [2.05, 4.69) is 10.6 Å². The number of carbonyl (C=O) groups is 3. The summed E-state index contributed by atoms with van der Waals surface area (Å²) in [6, 6.07) is 4.16. The van der Waals surface area contributed by atoms with Crippen molar-refractivity contribution in [2.45, 2.75) is 106 Å². The second-order valence-electron chi connectivity index (χ2n) is 11.1. The quantitative estimate of drug-likeness (QED) is 0.551. The van der Waals surface area contributed by atoms with E-state index in [1.165, 1.54) is 0 Å². The van der Waals surface area contributed by atoms with E-state index in [0.717, 1.165) is 16.7 Å². The van der Waals surface area contributed by atoms with Crippen molar-refractivity contribution >= 4 is 17.9 Å². The number of nitrogens with zero attached hydrogens (tertiary/aromatic N) is 1. The number of ether oxygens (including phenoxy) is 1. The number of carbonyl (C=O) groups excluding carboxylic acids is 3. The summed E-state index contributed by atoms with van der Waals surface area (Å²) in [5, 5.41) is 5.80. The van der Waals surface area contributed by atoms with Crippen molar-refractivity contribution in [3.05, 3.63) is 34.9 Å². The van der Waals surface area contributed by atoms with Crippen LogP contribution >= 0.6 is 0 Å². The van der Waals surface area contributed by atoms with Crippen LogP contribution in [0.2, 0.25) is 0 Å². The number of likely N-dealkylation sites (N-methyl/N-ethyl adjacent to an activating group) is 1. The summed E-state index contributed by atoms with van der Waals surface area (Å²) in [5.74, 6) is -0.721. The Morgan fingerprint density at radius 3 is 2.03 bits per heavy atom. The molecular weight excluding hydrogens is 430 g/mol. The first-order valence-electron chi connectivity index (χ1n) is 12.2. The van der Waals surface area contributed by atoms with Gasteiger partial charge in [-0.3, -0.25) is 9.59 Å². The third-order valence-electron chi connectivity index (χ3n) is 5.68. The predicted octanol–water partition coefficient (Wildman–Crippen LogP) is 5.05. The average molecular weight is 476 g/mol. The van der Waals surface area contributed by atoms with Gasteiger partial charge in [0.1, 0.15) is 17.7 Å². The molecule has 2 N–H and O–H groups in total. The van der Waals surface area contributed by atoms with Crippen LogP contribution in [0, 0.1) is 19.8 Å². The van der Waals surface area contributed by atoms with Gasteiger partial charge in [-0.25, -0.2) is 4.79 Å². The van der Waals surface area contributed by atoms with Crippen LogP contribution in [-0.4, -0.2) is 46.5 Å². The molecule has 3 unspecified atom stereocenters. The van der Waals surface area contributed by atoms with Crippen molar-refractivity contribution in [3.8, 4) is 0 Å². The molecule has 0 aliphatic rings. The number of hydrogen-bond acceptors (Lipinski definition) is 4. The lowest BCUT2D eigenvalue weighted by molar-refractivity contribution is -0.143. The summed E-state index contributed by atoms with van der Waals surface area (Å²) in [6.45, 7) is 21.1. The molecule has 1 aromatic carbocycles. The van der Waals surface area contributed by atoms with E-state index >= 15 is 0 Å². The average Bonchev–Trinajstić information content (AvgIpc) is 2.68. The molecule has 0 saturated heterocycles. The van der Waals surface area contributed by atoms with Gasteiger partial charge in [0.25, 0.3) is 0 Å². The van der Waals surface area contributed by atoms with E-state index in [1.807, 2.05) is 73.6 Å². The fourth-order valence-corrected chi connectivity index (χ4v) is 3.61. The van der Waals surface area contributed by atoms with Crippen LogP contribution in [0.4, 0.5) is 4.79 Å². The van der Waals surface area contributed by atoms with E-state index in [9.17, 15) is 14.4 Å².